The fraction of sp³-hybridized carbons (Fsp3) is 0.333. The maximum Gasteiger partial charge on any atom is 0.163 e. The Hall–Kier alpha value is -4.20. The van der Waals surface area contributed by atoms with E-state index in [2.05, 4.69) is 76.1 Å². The van der Waals surface area contributed by atoms with Gasteiger partial charge < -0.3 is 9.80 Å². The highest BCUT2D eigenvalue weighted by Gasteiger charge is 2.22. The molecule has 0 bridgehead atoms. The first-order chi connectivity index (χ1) is 18.9. The first-order valence-corrected chi connectivity index (χ1v) is 13.6. The number of fused-ring (bicyclic) bond motifs is 2. The van der Waals surface area contributed by atoms with E-state index in [1.54, 1.807) is 25.3 Å². The third-order valence-corrected chi connectivity index (χ3v) is 7.96. The summed E-state index contributed by atoms with van der Waals surface area (Å²) in [6, 6.07) is 13.6. The quantitative estimate of drug-likeness (QED) is 0.290. The molecule has 2 aliphatic heterocycles. The maximum atomic E-state index is 4.62. The van der Waals surface area contributed by atoms with Crippen LogP contribution in [-0.2, 0) is 0 Å². The van der Waals surface area contributed by atoms with Gasteiger partial charge in [-0.05, 0) is 84.3 Å². The van der Waals surface area contributed by atoms with Gasteiger partial charge >= 0.3 is 0 Å². The summed E-state index contributed by atoms with van der Waals surface area (Å²) in [5.41, 5.74) is 4.52. The first-order valence-electron chi connectivity index (χ1n) is 13.6. The summed E-state index contributed by atoms with van der Waals surface area (Å²) in [6.07, 6.45) is 13.8. The number of anilines is 2. The molecule has 5 aromatic rings. The van der Waals surface area contributed by atoms with Gasteiger partial charge in [-0.3, -0.25) is 0 Å². The highest BCUT2D eigenvalue weighted by atomic mass is 15.1. The van der Waals surface area contributed by atoms with E-state index in [1.165, 1.54) is 49.9 Å². The lowest BCUT2D eigenvalue weighted by Crippen LogP contribution is -2.29. The van der Waals surface area contributed by atoms with Gasteiger partial charge in [0.2, 0.25) is 0 Å². The Kier molecular flexibility index (Phi) is 6.00. The van der Waals surface area contributed by atoms with E-state index >= 15 is 0 Å². The summed E-state index contributed by atoms with van der Waals surface area (Å²) < 4.78 is 0. The van der Waals surface area contributed by atoms with Crippen LogP contribution in [0.4, 0.5) is 11.4 Å². The second-order valence-electron chi connectivity index (χ2n) is 10.2. The molecule has 0 N–H and O–H groups in total. The topological polar surface area (TPSA) is 83.8 Å². The molecule has 2 fully saturated rings. The molecule has 3 aromatic carbocycles. The Morgan fingerprint density at radius 1 is 0.447 bits per heavy atom. The average Bonchev–Trinajstić information content (AvgIpc) is 3.01. The summed E-state index contributed by atoms with van der Waals surface area (Å²) in [7, 11) is 0. The first kappa shape index (κ1) is 23.0. The van der Waals surface area contributed by atoms with E-state index in [-0.39, 0.29) is 0 Å². The van der Waals surface area contributed by atoms with Crippen LogP contribution in [0.25, 0.3) is 44.3 Å². The SMILES string of the molecule is c1ncnc(-c2c3ccc(N4CCCCC4)cc3c(-c3ncncn3)c3ccc(N4CCCCC4)cc23)n1. The number of aromatic nitrogens is 6. The number of nitrogens with zero attached hydrogens (tertiary/aromatic N) is 8. The van der Waals surface area contributed by atoms with Gasteiger partial charge in [-0.25, -0.2) is 29.9 Å². The van der Waals surface area contributed by atoms with Gasteiger partial charge in [-0.15, -0.1) is 0 Å². The van der Waals surface area contributed by atoms with Crippen molar-refractivity contribution in [2.75, 3.05) is 36.0 Å². The number of hydrogen-bond acceptors (Lipinski definition) is 8. The predicted octanol–water partition coefficient (Wildman–Crippen LogP) is 5.68. The minimum Gasteiger partial charge on any atom is -0.372 e. The van der Waals surface area contributed by atoms with E-state index in [9.17, 15) is 0 Å². The minimum atomic E-state index is 0.679. The highest BCUT2D eigenvalue weighted by molar-refractivity contribution is 6.21. The lowest BCUT2D eigenvalue weighted by Gasteiger charge is -2.30. The van der Waals surface area contributed by atoms with E-state index in [4.69, 9.17) is 0 Å². The van der Waals surface area contributed by atoms with Crippen molar-refractivity contribution in [1.29, 1.82) is 0 Å². The Labute approximate surface area is 221 Å². The second kappa shape index (κ2) is 9.93. The van der Waals surface area contributed by atoms with Gasteiger partial charge in [-0.1, -0.05) is 12.1 Å². The molecule has 8 nitrogen and oxygen atoms in total. The summed E-state index contributed by atoms with van der Waals surface area (Å²) in [6.45, 7) is 4.33. The van der Waals surface area contributed by atoms with Gasteiger partial charge in [-0.2, -0.15) is 0 Å². The highest BCUT2D eigenvalue weighted by Crippen LogP contribution is 2.44. The molecule has 2 aliphatic rings. The molecule has 0 radical (unpaired) electrons. The van der Waals surface area contributed by atoms with E-state index in [0.717, 1.165) is 58.9 Å². The van der Waals surface area contributed by atoms with Crippen molar-refractivity contribution in [3.8, 4) is 22.8 Å². The normalized spacial score (nSPS) is 16.3. The van der Waals surface area contributed by atoms with Gasteiger partial charge in [0.05, 0.1) is 0 Å². The molecular formula is C30H30N8. The molecule has 0 amide bonds. The van der Waals surface area contributed by atoms with Gasteiger partial charge in [0.15, 0.2) is 11.6 Å². The standard InChI is InChI=1S/C30H30N8/c1-3-11-37(12-4-1)21-7-9-23-25(15-21)27(29-33-17-31-18-34-29)24-10-8-22(38-13-5-2-6-14-38)16-26(24)28(23)30-35-19-32-20-36-30/h7-10,15-20H,1-6,11-14H2. The van der Waals surface area contributed by atoms with Crippen molar-refractivity contribution in [1.82, 2.24) is 29.9 Å². The molecule has 0 spiro atoms. The van der Waals surface area contributed by atoms with Crippen molar-refractivity contribution in [3.05, 3.63) is 61.7 Å². The molecular weight excluding hydrogens is 472 g/mol. The largest absolute Gasteiger partial charge is 0.372 e. The molecule has 8 heteroatoms. The summed E-state index contributed by atoms with van der Waals surface area (Å²) in [5, 5.41) is 4.40. The minimum absolute atomic E-state index is 0.679. The lowest BCUT2D eigenvalue weighted by molar-refractivity contribution is 0.578. The van der Waals surface area contributed by atoms with E-state index < -0.39 is 0 Å². The van der Waals surface area contributed by atoms with Crippen LogP contribution >= 0.6 is 0 Å². The van der Waals surface area contributed by atoms with Crippen molar-refractivity contribution < 1.29 is 0 Å². The van der Waals surface area contributed by atoms with Crippen LogP contribution in [0.15, 0.2) is 61.7 Å². The van der Waals surface area contributed by atoms with Crippen LogP contribution in [0.3, 0.4) is 0 Å². The second-order valence-corrected chi connectivity index (χ2v) is 10.2. The van der Waals surface area contributed by atoms with E-state index in [1.807, 2.05) is 0 Å². The molecule has 190 valence electrons. The Balaban J connectivity index is 1.55. The summed E-state index contributed by atoms with van der Waals surface area (Å²) in [5.74, 6) is 1.36. The van der Waals surface area contributed by atoms with Crippen LogP contribution in [0, 0.1) is 0 Å². The Morgan fingerprint density at radius 2 is 0.842 bits per heavy atom. The van der Waals surface area contributed by atoms with Crippen LogP contribution in [-0.4, -0.2) is 56.1 Å². The molecule has 4 heterocycles. The zero-order chi connectivity index (χ0) is 25.3. The van der Waals surface area contributed by atoms with Crippen LogP contribution < -0.4 is 9.80 Å². The van der Waals surface area contributed by atoms with Gasteiger partial charge in [0.1, 0.15) is 25.3 Å². The predicted molar refractivity (Wildman–Crippen MR) is 151 cm³/mol. The summed E-state index contributed by atoms with van der Waals surface area (Å²) >= 11 is 0. The van der Waals surface area contributed by atoms with Gasteiger partial charge in [0, 0.05) is 48.7 Å². The van der Waals surface area contributed by atoms with Crippen molar-refractivity contribution >= 4 is 32.9 Å². The molecule has 2 saturated heterocycles. The monoisotopic (exact) mass is 502 g/mol. The smallest absolute Gasteiger partial charge is 0.163 e. The Bertz CT molecular complexity index is 1460. The van der Waals surface area contributed by atoms with Crippen LogP contribution in [0.2, 0.25) is 0 Å². The number of rotatable bonds is 4. The molecule has 0 aliphatic carbocycles. The summed E-state index contributed by atoms with van der Waals surface area (Å²) in [4.78, 5) is 31.7. The third-order valence-electron chi connectivity index (χ3n) is 7.96. The molecule has 0 unspecified atom stereocenters. The fourth-order valence-corrected chi connectivity index (χ4v) is 6.12. The molecule has 38 heavy (non-hydrogen) atoms. The number of piperidine rings is 2. The molecule has 0 saturated carbocycles. The van der Waals surface area contributed by atoms with Gasteiger partial charge in [0.25, 0.3) is 0 Å². The number of hydrogen-bond donors (Lipinski definition) is 0. The molecule has 0 atom stereocenters. The lowest BCUT2D eigenvalue weighted by atomic mass is 9.89. The van der Waals surface area contributed by atoms with Crippen LogP contribution in [0.5, 0.6) is 0 Å². The maximum absolute atomic E-state index is 4.62. The zero-order valence-electron chi connectivity index (χ0n) is 21.4. The zero-order valence-corrected chi connectivity index (χ0v) is 21.4. The Morgan fingerprint density at radius 3 is 1.24 bits per heavy atom. The fourth-order valence-electron chi connectivity index (χ4n) is 6.12. The molecule has 7 rings (SSSR count). The van der Waals surface area contributed by atoms with Crippen molar-refractivity contribution in [2.45, 2.75) is 38.5 Å². The van der Waals surface area contributed by atoms with Crippen molar-refractivity contribution in [2.24, 2.45) is 0 Å². The van der Waals surface area contributed by atoms with Crippen LogP contribution in [0.1, 0.15) is 38.5 Å². The average molecular weight is 503 g/mol. The van der Waals surface area contributed by atoms with Crippen molar-refractivity contribution in [3.63, 3.8) is 0 Å². The van der Waals surface area contributed by atoms with E-state index in [0.29, 0.717) is 11.6 Å². The molecule has 2 aromatic heterocycles. The third kappa shape index (κ3) is 4.10. The number of benzene rings is 3.